The van der Waals surface area contributed by atoms with Gasteiger partial charge in [-0.3, -0.25) is 30.4 Å². The lowest BCUT2D eigenvalue weighted by molar-refractivity contribution is -0.385. The SMILES string of the molecule is O=C(COc1ccccc1[N+](=O)[O-])NNC(=O)NC(=O)c1ccc(-c2ccc(Cl)cc2)o1. The van der Waals surface area contributed by atoms with E-state index in [2.05, 4.69) is 0 Å². The molecular weight excluding hydrogens is 444 g/mol. The third-order valence-electron chi connectivity index (χ3n) is 3.92. The number of amides is 4. The predicted octanol–water partition coefficient (Wildman–Crippen LogP) is 3.06. The van der Waals surface area contributed by atoms with Crippen LogP contribution in [0.15, 0.2) is 65.1 Å². The fourth-order valence-electron chi connectivity index (χ4n) is 2.46. The number of halogens is 1. The highest BCUT2D eigenvalue weighted by Crippen LogP contribution is 2.25. The molecule has 32 heavy (non-hydrogen) atoms. The Hall–Kier alpha value is -4.38. The molecule has 0 unspecified atom stereocenters. The summed E-state index contributed by atoms with van der Waals surface area (Å²) in [6, 6.07) is 14.1. The zero-order valence-electron chi connectivity index (χ0n) is 16.2. The van der Waals surface area contributed by atoms with Crippen molar-refractivity contribution in [3.63, 3.8) is 0 Å². The molecule has 0 bridgehead atoms. The summed E-state index contributed by atoms with van der Waals surface area (Å²) in [6.45, 7) is -0.609. The molecule has 3 aromatic rings. The summed E-state index contributed by atoms with van der Waals surface area (Å²) in [5.41, 5.74) is 4.34. The number of benzene rings is 2. The van der Waals surface area contributed by atoms with E-state index in [4.69, 9.17) is 20.8 Å². The Morgan fingerprint density at radius 2 is 1.72 bits per heavy atom. The normalized spacial score (nSPS) is 10.2. The summed E-state index contributed by atoms with van der Waals surface area (Å²) >= 11 is 5.83. The highest BCUT2D eigenvalue weighted by molar-refractivity contribution is 6.30. The molecule has 1 aromatic heterocycles. The molecule has 3 rings (SSSR count). The van der Waals surface area contributed by atoms with Crippen LogP contribution < -0.4 is 20.9 Å². The number of urea groups is 1. The molecule has 1 heterocycles. The Morgan fingerprint density at radius 3 is 2.44 bits per heavy atom. The van der Waals surface area contributed by atoms with Crippen LogP contribution in [0, 0.1) is 10.1 Å². The second-order valence-corrected chi connectivity index (χ2v) is 6.58. The quantitative estimate of drug-likeness (QED) is 0.379. The minimum absolute atomic E-state index is 0.110. The van der Waals surface area contributed by atoms with E-state index < -0.39 is 29.4 Å². The number of para-hydroxylation sites is 2. The predicted molar refractivity (Wildman–Crippen MR) is 112 cm³/mol. The number of nitrogens with one attached hydrogen (secondary N) is 3. The highest BCUT2D eigenvalue weighted by atomic mass is 35.5. The van der Waals surface area contributed by atoms with Crippen molar-refractivity contribution in [1.82, 2.24) is 16.2 Å². The summed E-state index contributed by atoms with van der Waals surface area (Å²) in [5, 5.41) is 13.4. The van der Waals surface area contributed by atoms with E-state index in [1.165, 1.54) is 30.3 Å². The van der Waals surface area contributed by atoms with Gasteiger partial charge in [0.05, 0.1) is 4.92 Å². The van der Waals surface area contributed by atoms with Gasteiger partial charge in [-0.15, -0.1) is 0 Å². The average molecular weight is 459 g/mol. The average Bonchev–Trinajstić information content (AvgIpc) is 3.27. The number of hydrogen-bond acceptors (Lipinski definition) is 7. The lowest BCUT2D eigenvalue weighted by atomic mass is 10.2. The first-order valence-corrected chi connectivity index (χ1v) is 9.33. The molecule has 0 aliphatic carbocycles. The van der Waals surface area contributed by atoms with E-state index in [1.54, 1.807) is 30.3 Å². The van der Waals surface area contributed by atoms with Crippen molar-refractivity contribution < 1.29 is 28.5 Å². The molecule has 0 spiro atoms. The van der Waals surface area contributed by atoms with Crippen molar-refractivity contribution in [2.75, 3.05) is 6.61 Å². The molecular formula is C20H15ClN4O7. The van der Waals surface area contributed by atoms with Crippen LogP contribution in [-0.4, -0.2) is 29.4 Å². The van der Waals surface area contributed by atoms with Crippen LogP contribution in [0.2, 0.25) is 5.02 Å². The van der Waals surface area contributed by atoms with E-state index in [1.807, 2.05) is 16.2 Å². The lowest BCUT2D eigenvalue weighted by Gasteiger charge is -2.09. The van der Waals surface area contributed by atoms with E-state index in [-0.39, 0.29) is 17.2 Å². The van der Waals surface area contributed by atoms with Crippen LogP contribution in [0.5, 0.6) is 5.75 Å². The van der Waals surface area contributed by atoms with E-state index in [0.717, 1.165) is 0 Å². The molecule has 4 amide bonds. The summed E-state index contributed by atoms with van der Waals surface area (Å²) < 4.78 is 10.5. The lowest BCUT2D eigenvalue weighted by Crippen LogP contribution is -2.49. The molecule has 0 radical (unpaired) electrons. The fraction of sp³-hybridized carbons (Fsp3) is 0.0500. The van der Waals surface area contributed by atoms with Crippen LogP contribution in [0.4, 0.5) is 10.5 Å². The summed E-state index contributed by atoms with van der Waals surface area (Å²) in [6.07, 6.45) is 0. The van der Waals surface area contributed by atoms with Gasteiger partial charge in [0, 0.05) is 16.7 Å². The Labute approximate surface area is 185 Å². The number of nitro benzene ring substituents is 1. The standard InChI is InChI=1S/C20H15ClN4O7/c21-13-7-5-12(6-8-13)15-9-10-17(32-15)19(27)22-20(28)24-23-18(26)11-31-16-4-2-1-3-14(16)25(29)30/h1-10H,11H2,(H,23,26)(H2,22,24,27,28). The van der Waals surface area contributed by atoms with E-state index in [9.17, 15) is 24.5 Å². The minimum Gasteiger partial charge on any atom is -0.477 e. The third kappa shape index (κ3) is 5.83. The highest BCUT2D eigenvalue weighted by Gasteiger charge is 2.17. The second kappa shape index (κ2) is 10.1. The minimum atomic E-state index is -1.03. The molecule has 12 heteroatoms. The van der Waals surface area contributed by atoms with Gasteiger partial charge in [-0.05, 0) is 42.5 Å². The Kier molecular flexibility index (Phi) is 7.03. The molecule has 0 aliphatic rings. The zero-order chi connectivity index (χ0) is 23.1. The first-order valence-electron chi connectivity index (χ1n) is 8.95. The van der Waals surface area contributed by atoms with Crippen LogP contribution >= 0.6 is 11.6 Å². The number of hydrazine groups is 1. The van der Waals surface area contributed by atoms with Gasteiger partial charge >= 0.3 is 11.7 Å². The molecule has 3 N–H and O–H groups in total. The topological polar surface area (TPSA) is 153 Å². The molecule has 0 aliphatic heterocycles. The largest absolute Gasteiger partial charge is 0.477 e. The molecule has 11 nitrogen and oxygen atoms in total. The van der Waals surface area contributed by atoms with Gasteiger partial charge in [0.25, 0.3) is 11.8 Å². The number of hydrogen-bond donors (Lipinski definition) is 3. The number of nitro groups is 1. The van der Waals surface area contributed by atoms with Gasteiger partial charge in [-0.25, -0.2) is 10.2 Å². The van der Waals surface area contributed by atoms with Gasteiger partial charge in [-0.2, -0.15) is 0 Å². The molecule has 164 valence electrons. The number of imide groups is 1. The monoisotopic (exact) mass is 458 g/mol. The van der Waals surface area contributed by atoms with Crippen LogP contribution in [0.1, 0.15) is 10.6 Å². The van der Waals surface area contributed by atoms with Crippen molar-refractivity contribution in [3.8, 4) is 17.1 Å². The maximum Gasteiger partial charge on any atom is 0.340 e. The summed E-state index contributed by atoms with van der Waals surface area (Å²) in [5.74, 6) is -1.49. The fourth-order valence-corrected chi connectivity index (χ4v) is 2.59. The number of furan rings is 1. The number of nitrogens with zero attached hydrogens (tertiary/aromatic N) is 1. The van der Waals surface area contributed by atoms with Crippen molar-refractivity contribution in [2.24, 2.45) is 0 Å². The maximum absolute atomic E-state index is 12.1. The Balaban J connectivity index is 1.46. The number of carbonyl (C=O) groups excluding carboxylic acids is 3. The van der Waals surface area contributed by atoms with Crippen LogP contribution in [-0.2, 0) is 4.79 Å². The van der Waals surface area contributed by atoms with Gasteiger partial charge in [-0.1, -0.05) is 23.7 Å². The third-order valence-corrected chi connectivity index (χ3v) is 4.17. The molecule has 0 atom stereocenters. The van der Waals surface area contributed by atoms with Gasteiger partial charge in [0.2, 0.25) is 0 Å². The van der Waals surface area contributed by atoms with Gasteiger partial charge in [0.1, 0.15) is 5.76 Å². The van der Waals surface area contributed by atoms with E-state index >= 15 is 0 Å². The molecule has 0 fully saturated rings. The van der Waals surface area contributed by atoms with Crippen LogP contribution in [0.3, 0.4) is 0 Å². The summed E-state index contributed by atoms with van der Waals surface area (Å²) in [7, 11) is 0. The zero-order valence-corrected chi connectivity index (χ0v) is 16.9. The van der Waals surface area contributed by atoms with E-state index in [0.29, 0.717) is 16.3 Å². The first kappa shape index (κ1) is 22.3. The summed E-state index contributed by atoms with van der Waals surface area (Å²) in [4.78, 5) is 46.0. The number of rotatable bonds is 6. The second-order valence-electron chi connectivity index (χ2n) is 6.14. The van der Waals surface area contributed by atoms with Gasteiger partial charge in [0.15, 0.2) is 18.1 Å². The van der Waals surface area contributed by atoms with Crippen molar-refractivity contribution in [1.29, 1.82) is 0 Å². The molecule has 2 aromatic carbocycles. The van der Waals surface area contributed by atoms with Gasteiger partial charge < -0.3 is 9.15 Å². The van der Waals surface area contributed by atoms with Crippen LogP contribution in [0.25, 0.3) is 11.3 Å². The van der Waals surface area contributed by atoms with Crippen molar-refractivity contribution in [3.05, 3.63) is 81.6 Å². The molecule has 0 saturated carbocycles. The Morgan fingerprint density at radius 1 is 1.00 bits per heavy atom. The smallest absolute Gasteiger partial charge is 0.340 e. The number of carbonyl (C=O) groups is 3. The Bertz CT molecular complexity index is 1160. The van der Waals surface area contributed by atoms with Crippen molar-refractivity contribution in [2.45, 2.75) is 0 Å². The first-order chi connectivity index (χ1) is 15.3. The maximum atomic E-state index is 12.1. The molecule has 0 saturated heterocycles. The van der Waals surface area contributed by atoms with Crippen molar-refractivity contribution >= 4 is 35.1 Å². The number of ether oxygens (including phenoxy) is 1.